The van der Waals surface area contributed by atoms with Gasteiger partial charge in [-0.25, -0.2) is 4.79 Å². The fourth-order valence-electron chi connectivity index (χ4n) is 2.75. The fraction of sp³-hybridized carbons (Fsp3) is 0.647. The molecular weight excluding hydrogens is 294 g/mol. The zero-order chi connectivity index (χ0) is 17.0. The Bertz CT molecular complexity index is 596. The van der Waals surface area contributed by atoms with E-state index in [1.165, 1.54) is 0 Å². The number of rotatable bonds is 3. The van der Waals surface area contributed by atoms with Crippen LogP contribution in [0.15, 0.2) is 23.1 Å². The number of likely N-dealkylation sites (tertiary alicyclic amines) is 1. The van der Waals surface area contributed by atoms with Crippen molar-refractivity contribution < 1.29 is 9.53 Å². The number of aromatic nitrogens is 1. The molecule has 23 heavy (non-hydrogen) atoms. The highest BCUT2D eigenvalue weighted by Gasteiger charge is 2.27. The van der Waals surface area contributed by atoms with Gasteiger partial charge < -0.3 is 19.9 Å². The molecule has 0 unspecified atom stereocenters. The van der Waals surface area contributed by atoms with Crippen molar-refractivity contribution in [3.63, 3.8) is 0 Å². The van der Waals surface area contributed by atoms with Crippen molar-refractivity contribution in [3.8, 4) is 0 Å². The number of nitrogens with two attached hydrogens (primary N) is 1. The van der Waals surface area contributed by atoms with E-state index in [-0.39, 0.29) is 11.7 Å². The van der Waals surface area contributed by atoms with Gasteiger partial charge in [-0.2, -0.15) is 0 Å². The number of nitrogens with zero attached hydrogens (tertiary/aromatic N) is 2. The molecule has 2 N–H and O–H groups in total. The number of pyridine rings is 1. The van der Waals surface area contributed by atoms with Gasteiger partial charge >= 0.3 is 6.09 Å². The molecule has 0 aliphatic carbocycles. The monoisotopic (exact) mass is 321 g/mol. The number of carbonyl (C=O) groups is 1. The average Bonchev–Trinajstić information content (AvgIpc) is 2.48. The highest BCUT2D eigenvalue weighted by molar-refractivity contribution is 5.68. The minimum absolute atomic E-state index is 0.00299. The SMILES string of the molecule is CC(C)(C)OC(=O)N1CCC(Cn2cc(CN)ccc2=O)CC1. The first kappa shape index (κ1) is 17.5. The number of amides is 1. The van der Waals surface area contributed by atoms with Gasteiger partial charge in [0.25, 0.3) is 5.56 Å². The predicted molar refractivity (Wildman–Crippen MR) is 89.1 cm³/mol. The zero-order valence-corrected chi connectivity index (χ0v) is 14.2. The van der Waals surface area contributed by atoms with Crippen molar-refractivity contribution in [2.24, 2.45) is 11.7 Å². The highest BCUT2D eigenvalue weighted by Crippen LogP contribution is 2.20. The summed E-state index contributed by atoms with van der Waals surface area (Å²) in [7, 11) is 0. The van der Waals surface area contributed by atoms with E-state index in [4.69, 9.17) is 10.5 Å². The Hall–Kier alpha value is -1.82. The normalized spacial score (nSPS) is 16.4. The first-order valence-electron chi connectivity index (χ1n) is 8.16. The Balaban J connectivity index is 1.90. The Morgan fingerprint density at radius 1 is 1.30 bits per heavy atom. The summed E-state index contributed by atoms with van der Waals surface area (Å²) in [6, 6.07) is 3.34. The van der Waals surface area contributed by atoms with Crippen LogP contribution in [-0.2, 0) is 17.8 Å². The van der Waals surface area contributed by atoms with Gasteiger partial charge in [0.05, 0.1) is 0 Å². The fourth-order valence-corrected chi connectivity index (χ4v) is 2.75. The van der Waals surface area contributed by atoms with Crippen LogP contribution >= 0.6 is 0 Å². The van der Waals surface area contributed by atoms with Crippen LogP contribution in [0.5, 0.6) is 0 Å². The van der Waals surface area contributed by atoms with Crippen molar-refractivity contribution in [1.29, 1.82) is 0 Å². The first-order valence-corrected chi connectivity index (χ1v) is 8.16. The van der Waals surface area contributed by atoms with Gasteiger partial charge in [0.15, 0.2) is 0 Å². The second kappa shape index (κ2) is 7.17. The lowest BCUT2D eigenvalue weighted by Gasteiger charge is -2.33. The molecule has 0 radical (unpaired) electrons. The summed E-state index contributed by atoms with van der Waals surface area (Å²) in [4.78, 5) is 25.7. The Kier molecular flexibility index (Phi) is 5.46. The third-order valence-corrected chi connectivity index (χ3v) is 4.00. The molecule has 0 saturated carbocycles. The van der Waals surface area contributed by atoms with Crippen LogP contribution in [0.3, 0.4) is 0 Å². The molecule has 1 amide bonds. The maximum absolute atomic E-state index is 12.1. The Labute approximate surface area is 137 Å². The molecule has 1 fully saturated rings. The molecule has 0 aromatic carbocycles. The van der Waals surface area contributed by atoms with Crippen molar-refractivity contribution in [2.75, 3.05) is 13.1 Å². The van der Waals surface area contributed by atoms with Gasteiger partial charge in [-0.3, -0.25) is 4.79 Å². The largest absolute Gasteiger partial charge is 0.444 e. The summed E-state index contributed by atoms with van der Waals surface area (Å²) < 4.78 is 7.13. The first-order chi connectivity index (χ1) is 10.8. The molecular formula is C17H27N3O3. The lowest BCUT2D eigenvalue weighted by molar-refractivity contribution is 0.0178. The van der Waals surface area contributed by atoms with E-state index in [1.54, 1.807) is 21.6 Å². The summed E-state index contributed by atoms with van der Waals surface area (Å²) in [5.41, 5.74) is 6.11. The molecule has 1 aromatic rings. The summed E-state index contributed by atoms with van der Waals surface area (Å²) in [5, 5.41) is 0. The molecule has 1 aromatic heterocycles. The standard InChI is InChI=1S/C17H27N3O3/c1-17(2,3)23-16(22)19-8-6-13(7-9-19)11-20-12-14(10-18)4-5-15(20)21/h4-5,12-13H,6-11,18H2,1-3H3. The van der Waals surface area contributed by atoms with Crippen molar-refractivity contribution in [2.45, 2.75) is 52.3 Å². The summed E-state index contributed by atoms with van der Waals surface area (Å²) >= 11 is 0. The quantitative estimate of drug-likeness (QED) is 0.923. The second-order valence-electron chi connectivity index (χ2n) is 7.14. The molecule has 1 aliphatic rings. The zero-order valence-electron chi connectivity index (χ0n) is 14.2. The molecule has 2 rings (SSSR count). The highest BCUT2D eigenvalue weighted by atomic mass is 16.6. The van der Waals surface area contributed by atoms with Gasteiger partial charge in [0.2, 0.25) is 0 Å². The predicted octanol–water partition coefficient (Wildman–Crippen LogP) is 1.95. The summed E-state index contributed by atoms with van der Waals surface area (Å²) in [6.07, 6.45) is 3.33. The van der Waals surface area contributed by atoms with Crippen LogP contribution in [-0.4, -0.2) is 34.3 Å². The lowest BCUT2D eigenvalue weighted by Crippen LogP contribution is -2.42. The van der Waals surface area contributed by atoms with Gasteiger partial charge in [0, 0.05) is 38.4 Å². The van der Waals surface area contributed by atoms with E-state index >= 15 is 0 Å². The van der Waals surface area contributed by atoms with E-state index in [1.807, 2.05) is 27.0 Å². The van der Waals surface area contributed by atoms with Crippen LogP contribution in [0.2, 0.25) is 0 Å². The lowest BCUT2D eigenvalue weighted by atomic mass is 9.97. The molecule has 0 spiro atoms. The maximum atomic E-state index is 12.1. The maximum Gasteiger partial charge on any atom is 0.410 e. The van der Waals surface area contributed by atoms with E-state index < -0.39 is 5.60 Å². The Morgan fingerprint density at radius 3 is 2.52 bits per heavy atom. The minimum Gasteiger partial charge on any atom is -0.444 e. The number of piperidine rings is 1. The number of hydrogen-bond acceptors (Lipinski definition) is 4. The third-order valence-electron chi connectivity index (χ3n) is 4.00. The van der Waals surface area contributed by atoms with E-state index in [9.17, 15) is 9.59 Å². The molecule has 128 valence electrons. The topological polar surface area (TPSA) is 77.6 Å². The average molecular weight is 321 g/mol. The van der Waals surface area contributed by atoms with Crippen LogP contribution in [0, 0.1) is 5.92 Å². The third kappa shape index (κ3) is 5.10. The smallest absolute Gasteiger partial charge is 0.410 e. The molecule has 6 heteroatoms. The van der Waals surface area contributed by atoms with Crippen LogP contribution in [0.25, 0.3) is 0 Å². The second-order valence-corrected chi connectivity index (χ2v) is 7.14. The van der Waals surface area contributed by atoms with Crippen LogP contribution in [0.1, 0.15) is 39.2 Å². The van der Waals surface area contributed by atoms with Gasteiger partial charge in [-0.15, -0.1) is 0 Å². The minimum atomic E-state index is -0.468. The van der Waals surface area contributed by atoms with E-state index in [0.717, 1.165) is 18.4 Å². The molecule has 0 atom stereocenters. The molecule has 1 saturated heterocycles. The van der Waals surface area contributed by atoms with E-state index in [2.05, 4.69) is 0 Å². The van der Waals surface area contributed by atoms with E-state index in [0.29, 0.717) is 32.1 Å². The molecule has 1 aliphatic heterocycles. The summed E-state index contributed by atoms with van der Waals surface area (Å²) in [6.45, 7) is 8.06. The summed E-state index contributed by atoms with van der Waals surface area (Å²) in [5.74, 6) is 0.388. The van der Waals surface area contributed by atoms with Crippen molar-refractivity contribution in [1.82, 2.24) is 9.47 Å². The van der Waals surface area contributed by atoms with Crippen molar-refractivity contribution in [3.05, 3.63) is 34.2 Å². The molecule has 6 nitrogen and oxygen atoms in total. The number of carbonyl (C=O) groups excluding carboxylic acids is 1. The van der Waals surface area contributed by atoms with Gasteiger partial charge in [0.1, 0.15) is 5.60 Å². The molecule has 0 bridgehead atoms. The van der Waals surface area contributed by atoms with Gasteiger partial charge in [-0.05, 0) is 45.1 Å². The van der Waals surface area contributed by atoms with Crippen LogP contribution in [0.4, 0.5) is 4.79 Å². The Morgan fingerprint density at radius 2 is 1.96 bits per heavy atom. The van der Waals surface area contributed by atoms with Crippen LogP contribution < -0.4 is 11.3 Å². The van der Waals surface area contributed by atoms with Crippen molar-refractivity contribution >= 4 is 6.09 Å². The number of hydrogen-bond donors (Lipinski definition) is 1. The van der Waals surface area contributed by atoms with Gasteiger partial charge in [-0.1, -0.05) is 6.07 Å². The number of ether oxygens (including phenoxy) is 1. The molecule has 2 heterocycles.